The Morgan fingerprint density at radius 2 is 1.57 bits per heavy atom. The summed E-state index contributed by atoms with van der Waals surface area (Å²) in [6, 6.07) is 23.1. The molecule has 0 radical (unpaired) electrons. The Bertz CT molecular complexity index is 1500. The van der Waals surface area contributed by atoms with Crippen LogP contribution < -0.4 is 15.7 Å². The van der Waals surface area contributed by atoms with Gasteiger partial charge in [-0.05, 0) is 48.5 Å². The van der Waals surface area contributed by atoms with Crippen molar-refractivity contribution in [2.75, 3.05) is 7.11 Å². The van der Waals surface area contributed by atoms with Crippen molar-refractivity contribution in [3.63, 3.8) is 0 Å². The third-order valence-corrected chi connectivity index (χ3v) is 4.98. The summed E-state index contributed by atoms with van der Waals surface area (Å²) >= 11 is 0. The van der Waals surface area contributed by atoms with Crippen LogP contribution in [0.25, 0.3) is 39.1 Å². The number of fused-ring (bicyclic) bond motifs is 2. The van der Waals surface area contributed by atoms with Crippen molar-refractivity contribution in [1.29, 1.82) is 0 Å². The zero-order chi connectivity index (χ0) is 20.7. The summed E-state index contributed by atoms with van der Waals surface area (Å²) in [5, 5.41) is 0.274. The normalized spacial score (nSPS) is 11.1. The van der Waals surface area contributed by atoms with Crippen LogP contribution in [0.4, 0.5) is 0 Å². The molecule has 6 heteroatoms. The van der Waals surface area contributed by atoms with E-state index in [-0.39, 0.29) is 11.1 Å². The first-order chi connectivity index (χ1) is 14.7. The Labute approximate surface area is 170 Å². The highest BCUT2D eigenvalue weighted by atomic mass is 16.5. The van der Waals surface area contributed by atoms with E-state index in [0.29, 0.717) is 33.8 Å². The Hall–Kier alpha value is -4.19. The van der Waals surface area contributed by atoms with Crippen LogP contribution in [0.1, 0.15) is 0 Å². The Balaban J connectivity index is 1.93. The molecule has 0 unspecified atom stereocenters. The Morgan fingerprint density at radius 1 is 0.867 bits per heavy atom. The minimum atomic E-state index is -0.475. The van der Waals surface area contributed by atoms with Gasteiger partial charge in [0.2, 0.25) is 11.1 Å². The highest BCUT2D eigenvalue weighted by molar-refractivity contribution is 5.88. The molecule has 5 aromatic rings. The molecule has 0 bridgehead atoms. The van der Waals surface area contributed by atoms with Crippen molar-refractivity contribution in [2.45, 2.75) is 0 Å². The molecule has 0 saturated carbocycles. The van der Waals surface area contributed by atoms with Crippen molar-refractivity contribution in [1.82, 2.24) is 9.55 Å². The number of nitrogens with zero attached hydrogens (tertiary/aromatic N) is 2. The van der Waals surface area contributed by atoms with Crippen LogP contribution in [-0.4, -0.2) is 16.7 Å². The number of rotatable bonds is 3. The zero-order valence-electron chi connectivity index (χ0n) is 16.0. The molecule has 0 spiro atoms. The summed E-state index contributed by atoms with van der Waals surface area (Å²) in [4.78, 5) is 31.2. The van der Waals surface area contributed by atoms with Crippen LogP contribution in [-0.2, 0) is 0 Å². The predicted octanol–water partition coefficient (Wildman–Crippen LogP) is 4.17. The predicted molar refractivity (Wildman–Crippen MR) is 115 cm³/mol. The zero-order valence-corrected chi connectivity index (χ0v) is 16.0. The first-order valence-electron chi connectivity index (χ1n) is 9.36. The van der Waals surface area contributed by atoms with Gasteiger partial charge in [0.25, 0.3) is 5.56 Å². The topological polar surface area (TPSA) is 74.3 Å². The largest absolute Gasteiger partial charge is 0.497 e. The molecule has 0 N–H and O–H groups in total. The lowest BCUT2D eigenvalue weighted by Crippen LogP contribution is -2.26. The summed E-state index contributed by atoms with van der Waals surface area (Å²) in [7, 11) is 1.59. The molecule has 6 nitrogen and oxygen atoms in total. The molecule has 0 aliphatic heterocycles. The molecular weight excluding hydrogens is 380 g/mol. The number of ether oxygens (including phenoxy) is 1. The second-order valence-electron chi connectivity index (χ2n) is 6.75. The maximum absolute atomic E-state index is 13.5. The lowest BCUT2D eigenvalue weighted by molar-refractivity contribution is 0.415. The van der Waals surface area contributed by atoms with Gasteiger partial charge in [0.1, 0.15) is 11.3 Å². The molecule has 146 valence electrons. The number of methoxy groups -OCH3 is 1. The summed E-state index contributed by atoms with van der Waals surface area (Å²) < 4.78 is 12.5. The maximum Gasteiger partial charge on any atom is 0.273 e. The Morgan fingerprint density at radius 3 is 2.30 bits per heavy atom. The molecule has 0 aliphatic rings. The maximum atomic E-state index is 13.5. The average Bonchev–Trinajstić information content (AvgIpc) is 2.79. The fourth-order valence-corrected chi connectivity index (χ4v) is 3.50. The van der Waals surface area contributed by atoms with Crippen molar-refractivity contribution < 1.29 is 9.15 Å². The third-order valence-electron chi connectivity index (χ3n) is 4.98. The molecular formula is C24H16N2O4. The van der Waals surface area contributed by atoms with Gasteiger partial charge in [-0.2, -0.15) is 4.98 Å². The molecule has 2 aromatic heterocycles. The minimum Gasteiger partial charge on any atom is -0.497 e. The van der Waals surface area contributed by atoms with E-state index in [1.54, 1.807) is 55.6 Å². The molecule has 0 saturated heterocycles. The van der Waals surface area contributed by atoms with E-state index < -0.39 is 11.0 Å². The first-order valence-corrected chi connectivity index (χ1v) is 9.36. The number of aromatic nitrogens is 2. The van der Waals surface area contributed by atoms with Crippen molar-refractivity contribution >= 4 is 22.1 Å². The standard InChI is InChI=1S/C24H16N2O4/c1-29-17-13-11-15(12-14-17)22-25-23-20(21(27)18-9-5-6-10-19(18)30-23)24(28)26(22)16-7-3-2-4-8-16/h2-14H,1H3. The Kier molecular flexibility index (Phi) is 4.17. The molecule has 0 atom stereocenters. The highest BCUT2D eigenvalue weighted by Crippen LogP contribution is 2.25. The van der Waals surface area contributed by atoms with Gasteiger partial charge in [-0.25, -0.2) is 0 Å². The number of hydrogen-bond acceptors (Lipinski definition) is 5. The fourth-order valence-electron chi connectivity index (χ4n) is 3.50. The highest BCUT2D eigenvalue weighted by Gasteiger charge is 2.19. The summed E-state index contributed by atoms with van der Waals surface area (Å²) in [5.74, 6) is 1.06. The summed E-state index contributed by atoms with van der Waals surface area (Å²) in [6.07, 6.45) is 0. The molecule has 30 heavy (non-hydrogen) atoms. The van der Waals surface area contributed by atoms with E-state index >= 15 is 0 Å². The van der Waals surface area contributed by atoms with E-state index in [1.165, 1.54) is 4.57 Å². The molecule has 3 aromatic carbocycles. The van der Waals surface area contributed by atoms with Gasteiger partial charge >= 0.3 is 0 Å². The monoisotopic (exact) mass is 396 g/mol. The van der Waals surface area contributed by atoms with E-state index in [4.69, 9.17) is 9.15 Å². The molecule has 0 fully saturated rings. The first kappa shape index (κ1) is 17.9. The van der Waals surface area contributed by atoms with Gasteiger partial charge < -0.3 is 9.15 Å². The van der Waals surface area contributed by atoms with E-state index in [2.05, 4.69) is 4.98 Å². The SMILES string of the molecule is COc1ccc(-c2nc3oc4ccccc4c(=O)c3c(=O)n2-c2ccccc2)cc1. The minimum absolute atomic E-state index is 0.0155. The van der Waals surface area contributed by atoms with Gasteiger partial charge in [-0.1, -0.05) is 30.3 Å². The molecule has 0 amide bonds. The molecule has 0 aliphatic carbocycles. The van der Waals surface area contributed by atoms with E-state index in [0.717, 1.165) is 0 Å². The summed E-state index contributed by atoms with van der Waals surface area (Å²) in [5.41, 5.74) is 0.832. The molecule has 2 heterocycles. The van der Waals surface area contributed by atoms with Crippen LogP contribution in [0.2, 0.25) is 0 Å². The van der Waals surface area contributed by atoms with Crippen LogP contribution in [0.15, 0.2) is 92.9 Å². The number of hydrogen-bond donors (Lipinski definition) is 0. The quantitative estimate of drug-likeness (QED) is 0.428. The third kappa shape index (κ3) is 2.78. The lowest BCUT2D eigenvalue weighted by Gasteiger charge is -2.13. The van der Waals surface area contributed by atoms with Crippen LogP contribution in [0, 0.1) is 0 Å². The fraction of sp³-hybridized carbons (Fsp3) is 0.0417. The van der Waals surface area contributed by atoms with Crippen LogP contribution >= 0.6 is 0 Å². The van der Waals surface area contributed by atoms with Crippen LogP contribution in [0.5, 0.6) is 5.75 Å². The summed E-state index contributed by atoms with van der Waals surface area (Å²) in [6.45, 7) is 0. The average molecular weight is 396 g/mol. The van der Waals surface area contributed by atoms with Gasteiger partial charge in [0.05, 0.1) is 18.2 Å². The lowest BCUT2D eigenvalue weighted by atomic mass is 10.1. The number of benzene rings is 3. The molecule has 5 rings (SSSR count). The van der Waals surface area contributed by atoms with Gasteiger partial charge in [0, 0.05) is 5.56 Å². The van der Waals surface area contributed by atoms with Gasteiger partial charge in [-0.15, -0.1) is 0 Å². The van der Waals surface area contributed by atoms with Crippen LogP contribution in [0.3, 0.4) is 0 Å². The van der Waals surface area contributed by atoms with Crippen molar-refractivity contribution in [3.8, 4) is 22.8 Å². The second kappa shape index (κ2) is 7.00. The van der Waals surface area contributed by atoms with Crippen molar-refractivity contribution in [3.05, 3.63) is 99.4 Å². The van der Waals surface area contributed by atoms with E-state index in [9.17, 15) is 9.59 Å². The smallest absolute Gasteiger partial charge is 0.273 e. The van der Waals surface area contributed by atoms with Gasteiger partial charge in [-0.3, -0.25) is 14.2 Å². The van der Waals surface area contributed by atoms with Gasteiger partial charge in [0.15, 0.2) is 11.2 Å². The van der Waals surface area contributed by atoms with Crippen molar-refractivity contribution in [2.24, 2.45) is 0 Å². The number of para-hydroxylation sites is 2. The van der Waals surface area contributed by atoms with E-state index in [1.807, 2.05) is 30.3 Å². The second-order valence-corrected chi connectivity index (χ2v) is 6.75.